The van der Waals surface area contributed by atoms with E-state index in [9.17, 15) is 18.0 Å². The molecule has 3 N–H and O–H groups in total. The molecule has 1 aliphatic heterocycles. The van der Waals surface area contributed by atoms with Crippen molar-refractivity contribution in [2.45, 2.75) is 17.7 Å². The van der Waals surface area contributed by atoms with Gasteiger partial charge in [0.05, 0.1) is 17.7 Å². The van der Waals surface area contributed by atoms with E-state index >= 15 is 0 Å². The number of carbonyl (C=O) groups is 2. The number of amides is 2. The SMILES string of the molecule is COc1ccccc1NS(=O)(=O)c1cccc(NC(=O)C2=NNC(=O)CC2)c1. The summed E-state index contributed by atoms with van der Waals surface area (Å²) in [5.41, 5.74) is 2.99. The van der Waals surface area contributed by atoms with E-state index in [4.69, 9.17) is 4.74 Å². The van der Waals surface area contributed by atoms with Gasteiger partial charge in [0, 0.05) is 18.5 Å². The lowest BCUT2D eigenvalue weighted by molar-refractivity contribution is -0.121. The van der Waals surface area contributed by atoms with Crippen molar-refractivity contribution >= 4 is 38.9 Å². The van der Waals surface area contributed by atoms with E-state index < -0.39 is 15.9 Å². The highest BCUT2D eigenvalue weighted by Crippen LogP contribution is 2.26. The molecule has 2 amide bonds. The summed E-state index contributed by atoms with van der Waals surface area (Å²) in [5, 5.41) is 6.30. The summed E-state index contributed by atoms with van der Waals surface area (Å²) in [6.45, 7) is 0. The minimum Gasteiger partial charge on any atom is -0.495 e. The zero-order chi connectivity index (χ0) is 20.1. The second-order valence-electron chi connectivity index (χ2n) is 5.88. The Kier molecular flexibility index (Phi) is 5.59. The zero-order valence-corrected chi connectivity index (χ0v) is 15.7. The van der Waals surface area contributed by atoms with Crippen molar-refractivity contribution < 1.29 is 22.7 Å². The van der Waals surface area contributed by atoms with Crippen molar-refractivity contribution in [1.29, 1.82) is 0 Å². The highest BCUT2D eigenvalue weighted by Gasteiger charge is 2.20. The second kappa shape index (κ2) is 8.09. The van der Waals surface area contributed by atoms with Crippen LogP contribution in [0.5, 0.6) is 5.75 Å². The van der Waals surface area contributed by atoms with Gasteiger partial charge in [-0.05, 0) is 30.3 Å². The molecule has 2 aromatic carbocycles. The number of nitrogens with zero attached hydrogens (tertiary/aromatic N) is 1. The van der Waals surface area contributed by atoms with Gasteiger partial charge in [-0.2, -0.15) is 5.10 Å². The average Bonchev–Trinajstić information content (AvgIpc) is 2.69. The summed E-state index contributed by atoms with van der Waals surface area (Å²) in [6.07, 6.45) is 0.383. The Morgan fingerprint density at radius 1 is 1.14 bits per heavy atom. The third-order valence-corrected chi connectivity index (χ3v) is 5.28. The molecular weight excluding hydrogens is 384 g/mol. The predicted molar refractivity (Wildman–Crippen MR) is 104 cm³/mol. The molecule has 1 heterocycles. The maximum atomic E-state index is 12.7. The smallest absolute Gasteiger partial charge is 0.271 e. The van der Waals surface area contributed by atoms with Crippen LogP contribution >= 0.6 is 0 Å². The van der Waals surface area contributed by atoms with Gasteiger partial charge < -0.3 is 10.1 Å². The van der Waals surface area contributed by atoms with Crippen molar-refractivity contribution in [1.82, 2.24) is 5.43 Å². The molecule has 0 saturated carbocycles. The number of nitrogens with one attached hydrogen (secondary N) is 3. The lowest BCUT2D eigenvalue weighted by Crippen LogP contribution is -2.32. The third-order valence-electron chi connectivity index (χ3n) is 3.92. The molecule has 2 aromatic rings. The summed E-state index contributed by atoms with van der Waals surface area (Å²) < 4.78 is 33.0. The molecule has 146 valence electrons. The summed E-state index contributed by atoms with van der Waals surface area (Å²) in [5.74, 6) is -0.382. The fourth-order valence-corrected chi connectivity index (χ4v) is 3.63. The molecule has 0 radical (unpaired) electrons. The standard InChI is InChI=1S/C18H18N4O5S/c1-27-16-8-3-2-7-14(16)22-28(25,26)13-6-4-5-12(11-13)19-18(24)15-9-10-17(23)21-20-15/h2-8,11,22H,9-10H2,1H3,(H,19,24)(H,21,23). The molecule has 1 aliphatic rings. The van der Waals surface area contributed by atoms with Gasteiger partial charge in [-0.25, -0.2) is 13.8 Å². The minimum atomic E-state index is -3.90. The molecule has 28 heavy (non-hydrogen) atoms. The minimum absolute atomic E-state index is 0.0323. The Balaban J connectivity index is 1.78. The fourth-order valence-electron chi connectivity index (χ4n) is 2.51. The fraction of sp³-hybridized carbons (Fsp3) is 0.167. The number of rotatable bonds is 6. The molecule has 0 saturated heterocycles. The van der Waals surface area contributed by atoms with E-state index in [1.807, 2.05) is 0 Å². The van der Waals surface area contributed by atoms with E-state index in [0.717, 1.165) is 0 Å². The molecule has 0 fully saturated rings. The van der Waals surface area contributed by atoms with Gasteiger partial charge in [0.15, 0.2) is 0 Å². The van der Waals surface area contributed by atoms with Crippen LogP contribution < -0.4 is 20.2 Å². The average molecular weight is 402 g/mol. The lowest BCUT2D eigenvalue weighted by atomic mass is 10.1. The van der Waals surface area contributed by atoms with Crippen LogP contribution in [-0.4, -0.2) is 33.1 Å². The zero-order valence-electron chi connectivity index (χ0n) is 14.9. The number of carbonyl (C=O) groups excluding carboxylic acids is 2. The van der Waals surface area contributed by atoms with Gasteiger partial charge >= 0.3 is 0 Å². The number of hydrogen-bond acceptors (Lipinski definition) is 6. The van der Waals surface area contributed by atoms with Crippen LogP contribution in [0.1, 0.15) is 12.8 Å². The first-order valence-electron chi connectivity index (χ1n) is 8.32. The monoisotopic (exact) mass is 402 g/mol. The van der Waals surface area contributed by atoms with E-state index in [1.54, 1.807) is 30.3 Å². The molecule has 0 spiro atoms. The number of para-hydroxylation sites is 2. The van der Waals surface area contributed by atoms with Crippen LogP contribution in [0.3, 0.4) is 0 Å². The van der Waals surface area contributed by atoms with Gasteiger partial charge in [0.2, 0.25) is 5.91 Å². The lowest BCUT2D eigenvalue weighted by Gasteiger charge is -2.14. The van der Waals surface area contributed by atoms with Gasteiger partial charge in [-0.1, -0.05) is 18.2 Å². The van der Waals surface area contributed by atoms with E-state index in [0.29, 0.717) is 11.4 Å². The number of sulfonamides is 1. The Bertz CT molecular complexity index is 1050. The van der Waals surface area contributed by atoms with Gasteiger partial charge in [-0.15, -0.1) is 0 Å². The molecule has 0 bridgehead atoms. The Morgan fingerprint density at radius 2 is 1.93 bits per heavy atom. The maximum absolute atomic E-state index is 12.7. The molecule has 10 heteroatoms. The molecule has 0 atom stereocenters. The molecule has 0 aromatic heterocycles. The number of benzene rings is 2. The molecule has 0 aliphatic carbocycles. The predicted octanol–water partition coefficient (Wildman–Crippen LogP) is 1.70. The second-order valence-corrected chi connectivity index (χ2v) is 7.56. The van der Waals surface area contributed by atoms with Crippen LogP contribution in [0.15, 0.2) is 58.5 Å². The van der Waals surface area contributed by atoms with E-state index in [2.05, 4.69) is 20.6 Å². The largest absolute Gasteiger partial charge is 0.495 e. The van der Waals surface area contributed by atoms with Crippen LogP contribution in [0.25, 0.3) is 0 Å². The van der Waals surface area contributed by atoms with Crippen LogP contribution in [-0.2, 0) is 19.6 Å². The number of ether oxygens (including phenoxy) is 1. The number of hydrazone groups is 1. The molecule has 9 nitrogen and oxygen atoms in total. The van der Waals surface area contributed by atoms with Crippen molar-refractivity contribution in [2.24, 2.45) is 5.10 Å². The maximum Gasteiger partial charge on any atom is 0.271 e. The van der Waals surface area contributed by atoms with Crippen molar-refractivity contribution in [3.63, 3.8) is 0 Å². The van der Waals surface area contributed by atoms with Gasteiger partial charge in [0.25, 0.3) is 15.9 Å². The normalized spacial score (nSPS) is 13.9. The Morgan fingerprint density at radius 3 is 2.64 bits per heavy atom. The quantitative estimate of drug-likeness (QED) is 0.678. The van der Waals surface area contributed by atoms with Gasteiger partial charge in [0.1, 0.15) is 11.5 Å². The van der Waals surface area contributed by atoms with E-state index in [1.165, 1.54) is 25.3 Å². The van der Waals surface area contributed by atoms with Crippen LogP contribution in [0, 0.1) is 0 Å². The molecule has 0 unspecified atom stereocenters. The topological polar surface area (TPSA) is 126 Å². The van der Waals surface area contributed by atoms with Crippen molar-refractivity contribution in [2.75, 3.05) is 17.1 Å². The number of anilines is 2. The van der Waals surface area contributed by atoms with Crippen LogP contribution in [0.2, 0.25) is 0 Å². The van der Waals surface area contributed by atoms with Gasteiger partial charge in [-0.3, -0.25) is 14.3 Å². The van der Waals surface area contributed by atoms with Crippen molar-refractivity contribution in [3.05, 3.63) is 48.5 Å². The van der Waals surface area contributed by atoms with Crippen LogP contribution in [0.4, 0.5) is 11.4 Å². The number of hydrogen-bond donors (Lipinski definition) is 3. The molecule has 3 rings (SSSR count). The first-order chi connectivity index (χ1) is 13.4. The molecular formula is C18H18N4O5S. The summed E-state index contributed by atoms with van der Waals surface area (Å²) in [6, 6.07) is 12.4. The Hall–Kier alpha value is -3.40. The first-order valence-corrected chi connectivity index (χ1v) is 9.80. The third kappa shape index (κ3) is 4.46. The summed E-state index contributed by atoms with van der Waals surface area (Å²) >= 11 is 0. The summed E-state index contributed by atoms with van der Waals surface area (Å²) in [7, 11) is -2.46. The Labute approximate surface area is 161 Å². The number of methoxy groups -OCH3 is 1. The van der Waals surface area contributed by atoms with E-state index in [-0.39, 0.29) is 35.0 Å². The summed E-state index contributed by atoms with van der Waals surface area (Å²) in [4.78, 5) is 23.3. The highest BCUT2D eigenvalue weighted by molar-refractivity contribution is 7.92. The first kappa shape index (κ1) is 19.4. The highest BCUT2D eigenvalue weighted by atomic mass is 32.2. The van der Waals surface area contributed by atoms with Crippen molar-refractivity contribution in [3.8, 4) is 5.75 Å².